The van der Waals surface area contributed by atoms with Crippen LogP contribution in [0.15, 0.2) is 29.2 Å². The van der Waals surface area contributed by atoms with Crippen molar-refractivity contribution in [2.75, 3.05) is 18.0 Å². The summed E-state index contributed by atoms with van der Waals surface area (Å²) in [7, 11) is -3.38. The molecule has 1 aliphatic heterocycles. The largest absolute Gasteiger partial charge is 0.371 e. The second-order valence-electron chi connectivity index (χ2n) is 5.87. The predicted octanol–water partition coefficient (Wildman–Crippen LogP) is 1.54. The van der Waals surface area contributed by atoms with Crippen LogP contribution in [0.25, 0.3) is 0 Å². The number of carbonyl (C=O) groups is 1. The number of nitrogens with one attached hydrogen (secondary N) is 1. The van der Waals surface area contributed by atoms with E-state index in [1.807, 2.05) is 12.1 Å². The number of benzene rings is 1. The number of rotatable bonds is 5. The van der Waals surface area contributed by atoms with Crippen molar-refractivity contribution in [3.63, 3.8) is 0 Å². The van der Waals surface area contributed by atoms with Crippen LogP contribution in [0.1, 0.15) is 25.7 Å². The highest BCUT2D eigenvalue weighted by Crippen LogP contribution is 2.25. The van der Waals surface area contributed by atoms with Crippen molar-refractivity contribution in [3.05, 3.63) is 24.3 Å². The van der Waals surface area contributed by atoms with Gasteiger partial charge in [-0.3, -0.25) is 0 Å². The molecule has 0 amide bonds. The Hall–Kier alpha value is -1.40. The molecule has 21 heavy (non-hydrogen) atoms. The summed E-state index contributed by atoms with van der Waals surface area (Å²) in [5.41, 5.74) is 0.979. The minimum atomic E-state index is -3.38. The van der Waals surface area contributed by atoms with Crippen LogP contribution in [-0.4, -0.2) is 33.8 Å². The van der Waals surface area contributed by atoms with E-state index in [9.17, 15) is 13.2 Å². The van der Waals surface area contributed by atoms with Gasteiger partial charge in [-0.2, -0.15) is 0 Å². The summed E-state index contributed by atoms with van der Waals surface area (Å²) in [6, 6.07) is 7.06. The highest BCUT2D eigenvalue weighted by molar-refractivity contribution is 7.89. The molecule has 3 rings (SSSR count). The molecule has 5 nitrogen and oxygen atoms in total. The number of nitrogens with zero attached hydrogens (tertiary/aromatic N) is 1. The van der Waals surface area contributed by atoms with Crippen LogP contribution < -0.4 is 9.62 Å². The van der Waals surface area contributed by atoms with Crippen LogP contribution in [0.3, 0.4) is 0 Å². The fourth-order valence-corrected chi connectivity index (χ4v) is 3.99. The van der Waals surface area contributed by atoms with Crippen molar-refractivity contribution < 1.29 is 13.2 Å². The molecular formula is C15H20N2O3S. The number of hydrogen-bond donors (Lipinski definition) is 1. The maximum Gasteiger partial charge on any atom is 0.240 e. The van der Waals surface area contributed by atoms with Crippen molar-refractivity contribution in [2.45, 2.75) is 36.6 Å². The molecule has 1 aromatic rings. The number of carbonyl (C=O) groups excluding carboxylic acids is 1. The molecule has 1 atom stereocenters. The van der Waals surface area contributed by atoms with E-state index in [1.165, 1.54) is 0 Å². The van der Waals surface area contributed by atoms with Gasteiger partial charge < -0.3 is 9.69 Å². The molecule has 6 heteroatoms. The Labute approximate surface area is 125 Å². The topological polar surface area (TPSA) is 66.5 Å². The number of aldehydes is 1. The number of hydrogen-bond acceptors (Lipinski definition) is 4. The van der Waals surface area contributed by atoms with Gasteiger partial charge in [0.1, 0.15) is 6.29 Å². The Morgan fingerprint density at radius 2 is 1.86 bits per heavy atom. The summed E-state index contributed by atoms with van der Waals surface area (Å²) in [6.45, 7) is 1.63. The van der Waals surface area contributed by atoms with Gasteiger partial charge in [0.05, 0.1) is 4.90 Å². The lowest BCUT2D eigenvalue weighted by molar-refractivity contribution is -0.111. The first-order valence-corrected chi connectivity index (χ1v) is 8.89. The molecule has 0 spiro atoms. The molecule has 0 aromatic heterocycles. The standard InChI is InChI=1S/C15H20N2O3S/c18-11-12-2-1-9-17(10-12)14-5-7-15(8-6-14)21(19,20)16-13-3-4-13/h5-8,11-13,16H,1-4,9-10H2. The molecule has 1 heterocycles. The van der Waals surface area contributed by atoms with Crippen LogP contribution in [0.4, 0.5) is 5.69 Å². The summed E-state index contributed by atoms with van der Waals surface area (Å²) in [5, 5.41) is 0. The molecule has 1 aliphatic carbocycles. The molecule has 1 N–H and O–H groups in total. The lowest BCUT2D eigenvalue weighted by Gasteiger charge is -2.32. The fourth-order valence-electron chi connectivity index (χ4n) is 2.68. The quantitative estimate of drug-likeness (QED) is 0.838. The first-order valence-electron chi connectivity index (χ1n) is 7.41. The average Bonchev–Trinajstić information content (AvgIpc) is 3.31. The lowest BCUT2D eigenvalue weighted by Crippen LogP contribution is -2.36. The Morgan fingerprint density at radius 3 is 2.48 bits per heavy atom. The Kier molecular flexibility index (Phi) is 3.99. The second kappa shape index (κ2) is 5.77. The third-order valence-corrected chi connectivity index (χ3v) is 5.60. The maximum absolute atomic E-state index is 12.1. The lowest BCUT2D eigenvalue weighted by atomic mass is 9.99. The zero-order valence-electron chi connectivity index (χ0n) is 11.9. The third kappa shape index (κ3) is 3.44. The first-order chi connectivity index (χ1) is 10.1. The summed E-state index contributed by atoms with van der Waals surface area (Å²) in [6.07, 6.45) is 4.81. The molecular weight excluding hydrogens is 288 g/mol. The summed E-state index contributed by atoms with van der Waals surface area (Å²) >= 11 is 0. The van der Waals surface area contributed by atoms with Gasteiger partial charge in [-0.05, 0) is 49.9 Å². The summed E-state index contributed by atoms with van der Waals surface area (Å²) < 4.78 is 26.9. The van der Waals surface area contributed by atoms with Gasteiger partial charge in [-0.1, -0.05) is 0 Å². The zero-order chi connectivity index (χ0) is 14.9. The van der Waals surface area contributed by atoms with Gasteiger partial charge in [0.25, 0.3) is 0 Å². The van der Waals surface area contributed by atoms with Crippen molar-refractivity contribution in [3.8, 4) is 0 Å². The number of anilines is 1. The van der Waals surface area contributed by atoms with Crippen molar-refractivity contribution in [2.24, 2.45) is 5.92 Å². The Morgan fingerprint density at radius 1 is 1.14 bits per heavy atom. The van der Waals surface area contributed by atoms with Gasteiger partial charge in [-0.25, -0.2) is 13.1 Å². The molecule has 2 aliphatic rings. The smallest absolute Gasteiger partial charge is 0.240 e. The van der Waals surface area contributed by atoms with Gasteiger partial charge in [0, 0.05) is 30.7 Å². The fraction of sp³-hybridized carbons (Fsp3) is 0.533. The van der Waals surface area contributed by atoms with Crippen molar-refractivity contribution in [1.29, 1.82) is 0 Å². The monoisotopic (exact) mass is 308 g/mol. The minimum absolute atomic E-state index is 0.0821. The van der Waals surface area contributed by atoms with Gasteiger partial charge in [-0.15, -0.1) is 0 Å². The molecule has 2 fully saturated rings. The summed E-state index contributed by atoms with van der Waals surface area (Å²) in [5.74, 6) is 0.0821. The van der Waals surface area contributed by atoms with E-state index in [2.05, 4.69) is 9.62 Å². The SMILES string of the molecule is O=CC1CCCN(c2ccc(S(=O)(=O)NC3CC3)cc2)C1. The van der Waals surface area contributed by atoms with E-state index in [0.29, 0.717) is 4.90 Å². The predicted molar refractivity (Wildman–Crippen MR) is 80.8 cm³/mol. The van der Waals surface area contributed by atoms with Crippen LogP contribution in [0.5, 0.6) is 0 Å². The average molecular weight is 308 g/mol. The minimum Gasteiger partial charge on any atom is -0.371 e. The molecule has 0 bridgehead atoms. The van der Waals surface area contributed by atoms with E-state index in [1.54, 1.807) is 12.1 Å². The van der Waals surface area contributed by atoms with Crippen LogP contribution in [0, 0.1) is 5.92 Å². The normalized spacial score (nSPS) is 23.0. The van der Waals surface area contributed by atoms with Crippen LogP contribution in [0.2, 0.25) is 0 Å². The van der Waals surface area contributed by atoms with E-state index in [0.717, 1.165) is 50.7 Å². The van der Waals surface area contributed by atoms with Crippen LogP contribution >= 0.6 is 0 Å². The van der Waals surface area contributed by atoms with Crippen molar-refractivity contribution >= 4 is 22.0 Å². The van der Waals surface area contributed by atoms with Crippen molar-refractivity contribution in [1.82, 2.24) is 4.72 Å². The van der Waals surface area contributed by atoms with Crippen LogP contribution in [-0.2, 0) is 14.8 Å². The van der Waals surface area contributed by atoms with Gasteiger partial charge in [0.15, 0.2) is 0 Å². The molecule has 1 saturated carbocycles. The van der Waals surface area contributed by atoms with E-state index < -0.39 is 10.0 Å². The molecule has 1 aromatic carbocycles. The second-order valence-corrected chi connectivity index (χ2v) is 7.59. The van der Waals surface area contributed by atoms with Gasteiger partial charge in [0.2, 0.25) is 10.0 Å². The highest BCUT2D eigenvalue weighted by Gasteiger charge is 2.28. The maximum atomic E-state index is 12.1. The summed E-state index contributed by atoms with van der Waals surface area (Å²) in [4.78, 5) is 13.4. The Bertz CT molecular complexity index is 608. The number of sulfonamides is 1. The van der Waals surface area contributed by atoms with E-state index in [-0.39, 0.29) is 12.0 Å². The Balaban J connectivity index is 1.72. The highest BCUT2D eigenvalue weighted by atomic mass is 32.2. The van der Waals surface area contributed by atoms with Gasteiger partial charge >= 0.3 is 0 Å². The molecule has 114 valence electrons. The molecule has 0 radical (unpaired) electrons. The van der Waals surface area contributed by atoms with E-state index in [4.69, 9.17) is 0 Å². The number of piperidine rings is 1. The molecule has 1 saturated heterocycles. The molecule has 1 unspecified atom stereocenters. The van der Waals surface area contributed by atoms with E-state index >= 15 is 0 Å². The first kappa shape index (κ1) is 14.5. The third-order valence-electron chi connectivity index (χ3n) is 4.06. The zero-order valence-corrected chi connectivity index (χ0v) is 12.7.